The van der Waals surface area contributed by atoms with E-state index in [1.54, 1.807) is 20.8 Å². The lowest BCUT2D eigenvalue weighted by Gasteiger charge is -2.20. The van der Waals surface area contributed by atoms with Gasteiger partial charge in [-0.3, -0.25) is 39.9 Å². The molecule has 2 amide bonds. The molecule has 0 bridgehead atoms. The van der Waals surface area contributed by atoms with E-state index >= 15 is 0 Å². The molecule has 13 nitrogen and oxygen atoms in total. The Labute approximate surface area is 194 Å². The summed E-state index contributed by atoms with van der Waals surface area (Å²) in [7, 11) is 0. The molecule has 13 heteroatoms. The number of non-ortho nitro benzene ring substituents is 3. The van der Waals surface area contributed by atoms with Crippen LogP contribution in [0.25, 0.3) is 0 Å². The smallest absolute Gasteiger partial charge is 0.277 e. The summed E-state index contributed by atoms with van der Waals surface area (Å²) >= 11 is 0. The number of nitrogens with one attached hydrogen (secondary N) is 2. The summed E-state index contributed by atoms with van der Waals surface area (Å²) in [4.78, 5) is 52.9. The predicted octanol–water partition coefficient (Wildman–Crippen LogP) is 3.77. The Morgan fingerprint density at radius 1 is 0.765 bits per heavy atom. The van der Waals surface area contributed by atoms with E-state index in [-0.39, 0.29) is 17.2 Å². The third-order valence-corrected chi connectivity index (χ3v) is 3.95. The lowest BCUT2D eigenvalue weighted by Crippen LogP contribution is -2.40. The van der Waals surface area contributed by atoms with Crippen LogP contribution in [0.2, 0.25) is 0 Å². The molecule has 0 aliphatic rings. The maximum absolute atomic E-state index is 11.9. The van der Waals surface area contributed by atoms with Crippen molar-refractivity contribution in [2.24, 2.45) is 0 Å². The first-order valence-corrected chi connectivity index (χ1v) is 10.0. The molecule has 0 aromatic heterocycles. The van der Waals surface area contributed by atoms with Crippen LogP contribution in [0.5, 0.6) is 0 Å². The maximum Gasteiger partial charge on any atom is 0.277 e. The van der Waals surface area contributed by atoms with Crippen molar-refractivity contribution >= 4 is 28.9 Å². The number of hydrogen-bond acceptors (Lipinski definition) is 8. The molecule has 2 N–H and O–H groups in total. The Bertz CT molecular complexity index is 1050. The van der Waals surface area contributed by atoms with Gasteiger partial charge in [0, 0.05) is 41.9 Å². The molecular formula is C21H25N5O8. The molecule has 0 saturated carbocycles. The molecule has 0 radical (unpaired) electrons. The first kappa shape index (κ1) is 27.6. The predicted molar refractivity (Wildman–Crippen MR) is 123 cm³/mol. The van der Waals surface area contributed by atoms with E-state index in [4.69, 9.17) is 0 Å². The number of amides is 2. The molecule has 0 aliphatic heterocycles. The fourth-order valence-corrected chi connectivity index (χ4v) is 2.42. The van der Waals surface area contributed by atoms with Gasteiger partial charge < -0.3 is 10.6 Å². The van der Waals surface area contributed by atoms with Crippen LogP contribution in [0.15, 0.2) is 42.5 Å². The highest BCUT2D eigenvalue weighted by molar-refractivity contribution is 5.96. The SMILES string of the molecule is CC(C)(C)NC(=O)c1cc([N+](=O)[O-])cc([N+](=O)[O-])c1.CCCNC(=O)c1ccc([N+](=O)[O-])cc1. The van der Waals surface area contributed by atoms with Gasteiger partial charge in [-0.2, -0.15) is 0 Å². The van der Waals surface area contributed by atoms with Crippen molar-refractivity contribution in [2.45, 2.75) is 39.7 Å². The van der Waals surface area contributed by atoms with Crippen LogP contribution in [0.3, 0.4) is 0 Å². The van der Waals surface area contributed by atoms with Crippen LogP contribution in [0.1, 0.15) is 54.8 Å². The molecular weight excluding hydrogens is 450 g/mol. The zero-order chi connectivity index (χ0) is 26.1. The number of nitro groups is 3. The van der Waals surface area contributed by atoms with Gasteiger partial charge in [-0.25, -0.2) is 0 Å². The lowest BCUT2D eigenvalue weighted by atomic mass is 10.1. The van der Waals surface area contributed by atoms with Gasteiger partial charge in [0.15, 0.2) is 0 Å². The highest BCUT2D eigenvalue weighted by Crippen LogP contribution is 2.23. The second-order valence-corrected chi connectivity index (χ2v) is 8.02. The summed E-state index contributed by atoms with van der Waals surface area (Å²) in [6.07, 6.45) is 0.860. The minimum Gasteiger partial charge on any atom is -0.352 e. The van der Waals surface area contributed by atoms with Crippen molar-refractivity contribution in [3.8, 4) is 0 Å². The normalized spacial score (nSPS) is 10.4. The molecule has 0 saturated heterocycles. The van der Waals surface area contributed by atoms with Crippen molar-refractivity contribution in [3.05, 3.63) is 83.9 Å². The second-order valence-electron chi connectivity index (χ2n) is 8.02. The van der Waals surface area contributed by atoms with E-state index in [9.17, 15) is 39.9 Å². The third-order valence-electron chi connectivity index (χ3n) is 3.95. The van der Waals surface area contributed by atoms with Crippen LogP contribution in [0.4, 0.5) is 17.1 Å². The average molecular weight is 475 g/mol. The summed E-state index contributed by atoms with van der Waals surface area (Å²) in [5.41, 5.74) is -1.22. The molecule has 0 unspecified atom stereocenters. The molecule has 2 aromatic carbocycles. The minimum atomic E-state index is -0.777. The van der Waals surface area contributed by atoms with E-state index in [1.165, 1.54) is 24.3 Å². The van der Waals surface area contributed by atoms with Gasteiger partial charge >= 0.3 is 0 Å². The number of nitrogens with zero attached hydrogens (tertiary/aromatic N) is 3. The van der Waals surface area contributed by atoms with E-state index < -0.39 is 37.6 Å². The first-order valence-electron chi connectivity index (χ1n) is 10.0. The topological polar surface area (TPSA) is 188 Å². The molecule has 0 spiro atoms. The van der Waals surface area contributed by atoms with E-state index in [1.807, 2.05) is 6.92 Å². The van der Waals surface area contributed by atoms with Crippen LogP contribution in [-0.4, -0.2) is 38.7 Å². The Balaban J connectivity index is 0.000000350. The van der Waals surface area contributed by atoms with E-state index in [2.05, 4.69) is 10.6 Å². The first-order chi connectivity index (χ1) is 15.7. The Morgan fingerprint density at radius 3 is 1.62 bits per heavy atom. The molecule has 2 aromatic rings. The lowest BCUT2D eigenvalue weighted by molar-refractivity contribution is -0.394. The third kappa shape index (κ3) is 8.98. The number of rotatable bonds is 7. The summed E-state index contributed by atoms with van der Waals surface area (Å²) in [5.74, 6) is -0.800. The van der Waals surface area contributed by atoms with Crippen molar-refractivity contribution in [1.82, 2.24) is 10.6 Å². The van der Waals surface area contributed by atoms with Crippen LogP contribution in [0, 0.1) is 30.3 Å². The van der Waals surface area contributed by atoms with E-state index in [0.717, 1.165) is 24.6 Å². The summed E-state index contributed by atoms with van der Waals surface area (Å²) in [6, 6.07) is 8.37. The molecule has 0 fully saturated rings. The molecule has 0 heterocycles. The van der Waals surface area contributed by atoms with Gasteiger partial charge in [-0.15, -0.1) is 0 Å². The number of nitro benzene ring substituents is 3. The summed E-state index contributed by atoms with van der Waals surface area (Å²) in [6.45, 7) is 7.76. The van der Waals surface area contributed by atoms with Crippen LogP contribution in [-0.2, 0) is 0 Å². The van der Waals surface area contributed by atoms with E-state index in [0.29, 0.717) is 12.1 Å². The fourth-order valence-electron chi connectivity index (χ4n) is 2.42. The maximum atomic E-state index is 11.9. The highest BCUT2D eigenvalue weighted by atomic mass is 16.6. The average Bonchev–Trinajstić information content (AvgIpc) is 2.76. The van der Waals surface area contributed by atoms with Crippen molar-refractivity contribution in [3.63, 3.8) is 0 Å². The number of benzene rings is 2. The van der Waals surface area contributed by atoms with Crippen LogP contribution >= 0.6 is 0 Å². The summed E-state index contributed by atoms with van der Waals surface area (Å²) in [5, 5.41) is 37.0. The number of hydrogen-bond donors (Lipinski definition) is 2. The zero-order valence-corrected chi connectivity index (χ0v) is 19.1. The zero-order valence-electron chi connectivity index (χ0n) is 19.1. The number of carbonyl (C=O) groups excluding carboxylic acids is 2. The minimum absolute atomic E-state index is 0.0120. The largest absolute Gasteiger partial charge is 0.352 e. The van der Waals surface area contributed by atoms with Gasteiger partial charge in [-0.05, 0) is 39.3 Å². The van der Waals surface area contributed by atoms with Gasteiger partial charge in [0.25, 0.3) is 28.9 Å². The van der Waals surface area contributed by atoms with Gasteiger partial charge in [0.2, 0.25) is 0 Å². The molecule has 2 rings (SSSR count). The van der Waals surface area contributed by atoms with Crippen molar-refractivity contribution in [2.75, 3.05) is 6.54 Å². The molecule has 0 aliphatic carbocycles. The fraction of sp³-hybridized carbons (Fsp3) is 0.333. The quantitative estimate of drug-likeness (QED) is 0.447. The highest BCUT2D eigenvalue weighted by Gasteiger charge is 2.22. The standard InChI is InChI=1S/C11H13N3O5.C10H12N2O3/c1-11(2,3)12-10(15)7-4-8(13(16)17)6-9(5-7)14(18)19;1-2-7-11-10(13)8-3-5-9(6-4-8)12(14)15/h4-6H,1-3H3,(H,12,15);3-6H,2,7H2,1H3,(H,11,13). The monoisotopic (exact) mass is 475 g/mol. The summed E-state index contributed by atoms with van der Waals surface area (Å²) < 4.78 is 0. The van der Waals surface area contributed by atoms with Crippen molar-refractivity contribution in [1.29, 1.82) is 0 Å². The van der Waals surface area contributed by atoms with Gasteiger partial charge in [-0.1, -0.05) is 6.92 Å². The number of carbonyl (C=O) groups is 2. The van der Waals surface area contributed by atoms with Gasteiger partial charge in [0.1, 0.15) is 0 Å². The Hall–Kier alpha value is -4.42. The molecule has 0 atom stereocenters. The molecule has 182 valence electrons. The Kier molecular flexibility index (Phi) is 9.74. The van der Waals surface area contributed by atoms with Crippen LogP contribution < -0.4 is 10.6 Å². The second kappa shape index (κ2) is 12.0. The van der Waals surface area contributed by atoms with Crippen molar-refractivity contribution < 1.29 is 24.4 Å². The molecule has 34 heavy (non-hydrogen) atoms. The Morgan fingerprint density at radius 2 is 1.24 bits per heavy atom. The van der Waals surface area contributed by atoms with Gasteiger partial charge in [0.05, 0.1) is 26.4 Å².